The first-order chi connectivity index (χ1) is 7.34. The Bertz CT molecular complexity index is 703. The molecule has 0 saturated carbocycles. The third-order valence-electron chi connectivity index (χ3n) is 2.24. The summed E-state index contributed by atoms with van der Waals surface area (Å²) in [5, 5.41) is 0.806. The average Bonchev–Trinajstić information content (AvgIpc) is 2.28. The summed E-state index contributed by atoms with van der Waals surface area (Å²) in [5.74, 6) is 0. The van der Waals surface area contributed by atoms with Crippen molar-refractivity contribution in [2.45, 2.75) is 0 Å². The molecule has 72 valence electrons. The molecule has 2 heterocycles. The van der Waals surface area contributed by atoms with Crippen molar-refractivity contribution in [3.05, 3.63) is 47.1 Å². The summed E-state index contributed by atoms with van der Waals surface area (Å²) >= 11 is 0. The van der Waals surface area contributed by atoms with Crippen molar-refractivity contribution in [3.8, 4) is 0 Å². The Morgan fingerprint density at radius 2 is 1.87 bits per heavy atom. The van der Waals surface area contributed by atoms with Crippen LogP contribution in [0, 0.1) is 0 Å². The Kier molecular flexibility index (Phi) is 1.56. The maximum Gasteiger partial charge on any atom is 0.336 e. The lowest BCUT2D eigenvalue weighted by Crippen LogP contribution is -1.95. The average molecular weight is 198 g/mol. The Morgan fingerprint density at radius 1 is 1.00 bits per heavy atom. The van der Waals surface area contributed by atoms with Gasteiger partial charge in [-0.25, -0.2) is 4.79 Å². The summed E-state index contributed by atoms with van der Waals surface area (Å²) in [6.07, 6.45) is 3.25. The zero-order valence-electron chi connectivity index (χ0n) is 7.68. The van der Waals surface area contributed by atoms with Gasteiger partial charge in [0.05, 0.1) is 11.0 Å². The first-order valence-electron chi connectivity index (χ1n) is 4.48. The minimum Gasteiger partial charge on any atom is -0.423 e. The lowest BCUT2D eigenvalue weighted by molar-refractivity contribution is 0.561. The highest BCUT2D eigenvalue weighted by atomic mass is 16.4. The van der Waals surface area contributed by atoms with Gasteiger partial charge in [-0.05, 0) is 18.2 Å². The van der Waals surface area contributed by atoms with Gasteiger partial charge in [-0.3, -0.25) is 9.97 Å². The van der Waals surface area contributed by atoms with Crippen molar-refractivity contribution in [1.29, 1.82) is 0 Å². The molecule has 0 N–H and O–H groups in total. The Morgan fingerprint density at radius 3 is 2.80 bits per heavy atom. The molecule has 0 spiro atoms. The van der Waals surface area contributed by atoms with Crippen LogP contribution >= 0.6 is 0 Å². The summed E-state index contributed by atoms with van der Waals surface area (Å²) < 4.78 is 5.05. The van der Waals surface area contributed by atoms with E-state index in [0.717, 1.165) is 16.4 Å². The number of fused-ring (bicyclic) bond motifs is 3. The molecule has 0 fully saturated rings. The molecule has 3 rings (SSSR count). The van der Waals surface area contributed by atoms with Crippen molar-refractivity contribution >= 4 is 22.0 Å². The first kappa shape index (κ1) is 8.11. The Labute approximate surface area is 84.2 Å². The predicted octanol–water partition coefficient (Wildman–Crippen LogP) is 1.74. The SMILES string of the molecule is O=c1ccc2c(ccc3nccnc32)o1. The van der Waals surface area contributed by atoms with Gasteiger partial charge in [0.15, 0.2) is 0 Å². The van der Waals surface area contributed by atoms with E-state index < -0.39 is 0 Å². The van der Waals surface area contributed by atoms with Gasteiger partial charge in [0.1, 0.15) is 5.58 Å². The molecule has 0 atom stereocenters. The molecule has 0 saturated heterocycles. The van der Waals surface area contributed by atoms with Crippen LogP contribution in [0.1, 0.15) is 0 Å². The molecule has 0 aliphatic heterocycles. The molecule has 1 aromatic carbocycles. The van der Waals surface area contributed by atoms with Gasteiger partial charge in [-0.1, -0.05) is 0 Å². The van der Waals surface area contributed by atoms with E-state index in [1.807, 2.05) is 0 Å². The van der Waals surface area contributed by atoms with E-state index in [1.165, 1.54) is 6.07 Å². The van der Waals surface area contributed by atoms with E-state index in [1.54, 1.807) is 30.6 Å². The molecule has 0 radical (unpaired) electrons. The lowest BCUT2D eigenvalue weighted by atomic mass is 10.2. The summed E-state index contributed by atoms with van der Waals surface area (Å²) in [4.78, 5) is 19.4. The maximum atomic E-state index is 11.0. The van der Waals surface area contributed by atoms with Crippen molar-refractivity contribution < 1.29 is 4.42 Å². The van der Waals surface area contributed by atoms with Crippen LogP contribution < -0.4 is 5.63 Å². The summed E-state index contributed by atoms with van der Waals surface area (Å²) in [6.45, 7) is 0. The third kappa shape index (κ3) is 1.19. The normalized spacial score (nSPS) is 10.9. The number of hydrogen-bond acceptors (Lipinski definition) is 4. The van der Waals surface area contributed by atoms with Crippen LogP contribution in [0.3, 0.4) is 0 Å². The van der Waals surface area contributed by atoms with Crippen molar-refractivity contribution in [3.63, 3.8) is 0 Å². The molecule has 0 aliphatic carbocycles. The third-order valence-corrected chi connectivity index (χ3v) is 2.24. The van der Waals surface area contributed by atoms with Gasteiger partial charge in [-0.15, -0.1) is 0 Å². The molecule has 3 aromatic rings. The van der Waals surface area contributed by atoms with Crippen LogP contribution in [0.5, 0.6) is 0 Å². The van der Waals surface area contributed by atoms with Crippen LogP contribution in [-0.4, -0.2) is 9.97 Å². The minimum atomic E-state index is -0.356. The number of rotatable bonds is 0. The van der Waals surface area contributed by atoms with E-state index in [0.29, 0.717) is 5.58 Å². The Hall–Kier alpha value is -2.23. The molecule has 0 unspecified atom stereocenters. The van der Waals surface area contributed by atoms with Crippen LogP contribution in [0.2, 0.25) is 0 Å². The van der Waals surface area contributed by atoms with E-state index in [4.69, 9.17) is 4.42 Å². The monoisotopic (exact) mass is 198 g/mol. The first-order valence-corrected chi connectivity index (χ1v) is 4.48. The van der Waals surface area contributed by atoms with Crippen molar-refractivity contribution in [2.24, 2.45) is 0 Å². The molecule has 0 bridgehead atoms. The molecular weight excluding hydrogens is 192 g/mol. The molecule has 4 nitrogen and oxygen atoms in total. The molecule has 2 aromatic heterocycles. The summed E-state index contributed by atoms with van der Waals surface area (Å²) in [7, 11) is 0. The fourth-order valence-corrected chi connectivity index (χ4v) is 1.58. The van der Waals surface area contributed by atoms with Gasteiger partial charge >= 0.3 is 5.63 Å². The highest BCUT2D eigenvalue weighted by Crippen LogP contribution is 2.20. The van der Waals surface area contributed by atoms with E-state index >= 15 is 0 Å². The second-order valence-corrected chi connectivity index (χ2v) is 3.16. The fourth-order valence-electron chi connectivity index (χ4n) is 1.58. The molecule has 0 amide bonds. The zero-order valence-corrected chi connectivity index (χ0v) is 7.68. The highest BCUT2D eigenvalue weighted by Gasteiger charge is 2.03. The van der Waals surface area contributed by atoms with Gasteiger partial charge in [0.25, 0.3) is 0 Å². The van der Waals surface area contributed by atoms with E-state index in [2.05, 4.69) is 9.97 Å². The molecule has 15 heavy (non-hydrogen) atoms. The van der Waals surface area contributed by atoms with Gasteiger partial charge < -0.3 is 4.42 Å². The minimum absolute atomic E-state index is 0.356. The van der Waals surface area contributed by atoms with Crippen LogP contribution in [0.25, 0.3) is 22.0 Å². The molecular formula is C11H6N2O2. The smallest absolute Gasteiger partial charge is 0.336 e. The second kappa shape index (κ2) is 2.88. The second-order valence-electron chi connectivity index (χ2n) is 3.16. The van der Waals surface area contributed by atoms with Crippen molar-refractivity contribution in [2.75, 3.05) is 0 Å². The number of hydrogen-bond donors (Lipinski definition) is 0. The number of benzene rings is 1. The summed E-state index contributed by atoms with van der Waals surface area (Å²) in [5.41, 5.74) is 1.72. The van der Waals surface area contributed by atoms with Gasteiger partial charge in [0, 0.05) is 23.8 Å². The highest BCUT2D eigenvalue weighted by molar-refractivity contribution is 6.00. The quantitative estimate of drug-likeness (QED) is 0.407. The van der Waals surface area contributed by atoms with E-state index in [9.17, 15) is 4.79 Å². The van der Waals surface area contributed by atoms with Gasteiger partial charge in [-0.2, -0.15) is 0 Å². The zero-order chi connectivity index (χ0) is 10.3. The predicted molar refractivity (Wildman–Crippen MR) is 55.6 cm³/mol. The van der Waals surface area contributed by atoms with E-state index in [-0.39, 0.29) is 5.63 Å². The van der Waals surface area contributed by atoms with Crippen LogP contribution in [0.4, 0.5) is 0 Å². The van der Waals surface area contributed by atoms with Crippen molar-refractivity contribution in [1.82, 2.24) is 9.97 Å². The molecule has 0 aliphatic rings. The van der Waals surface area contributed by atoms with Gasteiger partial charge in [0.2, 0.25) is 0 Å². The molecule has 4 heteroatoms. The van der Waals surface area contributed by atoms with Crippen LogP contribution in [-0.2, 0) is 0 Å². The largest absolute Gasteiger partial charge is 0.423 e. The Balaban J connectivity index is 2.60. The van der Waals surface area contributed by atoms with Crippen LogP contribution in [0.15, 0.2) is 45.9 Å². The fraction of sp³-hybridized carbons (Fsp3) is 0. The number of nitrogens with zero attached hydrogens (tertiary/aromatic N) is 2. The maximum absolute atomic E-state index is 11.0. The standard InChI is InChI=1S/C11H6N2O2/c14-10-4-1-7-9(15-10)3-2-8-11(7)13-6-5-12-8/h1-6H. The topological polar surface area (TPSA) is 56.0 Å². The summed E-state index contributed by atoms with van der Waals surface area (Å²) in [6, 6.07) is 6.61. The number of aromatic nitrogens is 2. The lowest BCUT2D eigenvalue weighted by Gasteiger charge is -1.99.